The van der Waals surface area contributed by atoms with Gasteiger partial charge in [-0.25, -0.2) is 0 Å². The molecule has 3 aliphatic rings. The van der Waals surface area contributed by atoms with Crippen LogP contribution in [0, 0.1) is 63.4 Å². The van der Waals surface area contributed by atoms with E-state index < -0.39 is 0 Å². The third-order valence-corrected chi connectivity index (χ3v) is 7.41. The largest absolute Gasteiger partial charge is 2.00 e. The molecule has 0 N–H and O–H groups in total. The van der Waals surface area contributed by atoms with Crippen molar-refractivity contribution in [2.45, 2.75) is 37.8 Å². The third-order valence-electron chi connectivity index (χ3n) is 4.45. The molecule has 0 bridgehead atoms. The quantitative estimate of drug-likeness (QED) is 0.482. The summed E-state index contributed by atoms with van der Waals surface area (Å²) in [5, 5.41) is 1.56. The van der Waals surface area contributed by atoms with Gasteiger partial charge in [0.25, 0.3) is 0 Å². The second-order valence-electron chi connectivity index (χ2n) is 6.10. The van der Waals surface area contributed by atoms with E-state index >= 15 is 0 Å². The van der Waals surface area contributed by atoms with Crippen LogP contribution in [0.3, 0.4) is 0 Å². The van der Waals surface area contributed by atoms with Crippen molar-refractivity contribution in [3.8, 4) is 0 Å². The zero-order valence-electron chi connectivity index (χ0n) is 14.0. The average molecular weight is 376 g/mol. The summed E-state index contributed by atoms with van der Waals surface area (Å²) >= 11 is 0. The Morgan fingerprint density at radius 3 is 1.75 bits per heavy atom. The predicted molar refractivity (Wildman–Crippen MR) is 102 cm³/mol. The molecule has 1 aromatic rings. The molecular formula is C22H25FeP+2. The summed E-state index contributed by atoms with van der Waals surface area (Å²) < 4.78 is 0. The van der Waals surface area contributed by atoms with Gasteiger partial charge in [0.05, 0.1) is 0 Å². The zero-order valence-corrected chi connectivity index (χ0v) is 16.0. The van der Waals surface area contributed by atoms with Crippen LogP contribution in [0.25, 0.3) is 0 Å². The Hall–Kier alpha value is 0.169. The first-order valence-corrected chi connectivity index (χ1v) is 10.1. The molecule has 1 aromatic carbocycles. The molecule has 0 aromatic heterocycles. The Morgan fingerprint density at radius 2 is 1.21 bits per heavy atom. The second kappa shape index (κ2) is 11.7. The van der Waals surface area contributed by atoms with Crippen molar-refractivity contribution >= 4 is 13.2 Å². The predicted octanol–water partition coefficient (Wildman–Crippen LogP) is 5.51. The average Bonchev–Trinajstić information content (AvgIpc) is 3.34. The van der Waals surface area contributed by atoms with E-state index in [9.17, 15) is 0 Å². The van der Waals surface area contributed by atoms with E-state index in [-0.39, 0.29) is 25.0 Å². The first-order chi connectivity index (χ1) is 11.4. The summed E-state index contributed by atoms with van der Waals surface area (Å²) in [5.74, 6) is 0. The van der Waals surface area contributed by atoms with Crippen LogP contribution < -0.4 is 5.30 Å². The van der Waals surface area contributed by atoms with E-state index in [0.29, 0.717) is 0 Å². The molecule has 4 rings (SSSR count). The number of benzene rings is 1. The van der Waals surface area contributed by atoms with Gasteiger partial charge in [-0.2, -0.15) is 0 Å². The molecule has 2 heteroatoms. The number of hydrogen-bond acceptors (Lipinski definition) is 0. The van der Waals surface area contributed by atoms with Gasteiger partial charge in [0.2, 0.25) is 0 Å². The first kappa shape index (κ1) is 20.5. The third kappa shape index (κ3) is 6.16. The molecule has 0 spiro atoms. The van der Waals surface area contributed by atoms with Crippen molar-refractivity contribution in [1.82, 2.24) is 0 Å². The molecule has 24 heavy (non-hydrogen) atoms. The van der Waals surface area contributed by atoms with Gasteiger partial charge >= 0.3 is 17.1 Å². The summed E-state index contributed by atoms with van der Waals surface area (Å²) in [6, 6.07) is 11.2. The van der Waals surface area contributed by atoms with Crippen molar-refractivity contribution in [2.75, 3.05) is 0 Å². The molecule has 124 valence electrons. The van der Waals surface area contributed by atoms with Crippen molar-refractivity contribution in [3.05, 3.63) is 93.8 Å². The van der Waals surface area contributed by atoms with E-state index in [1.807, 2.05) is 32.1 Å². The number of rotatable bonds is 3. The molecule has 0 saturated heterocycles. The van der Waals surface area contributed by atoms with Gasteiger partial charge in [0.1, 0.15) is 0 Å². The molecule has 0 aliphatic heterocycles. The Bertz CT molecular complexity index is 409. The van der Waals surface area contributed by atoms with Gasteiger partial charge < -0.3 is 0 Å². The minimum Gasteiger partial charge on any atom is -0.0642 e. The van der Waals surface area contributed by atoms with Crippen molar-refractivity contribution < 1.29 is 17.1 Å². The normalized spacial score (nSPS) is 23.2. The minimum absolute atomic E-state index is 0. The molecule has 10 radical (unpaired) electrons. The van der Waals surface area contributed by atoms with Gasteiger partial charge in [-0.15, -0.1) is 0 Å². The molecule has 0 unspecified atom stereocenters. The molecular weight excluding hydrogens is 351 g/mol. The van der Waals surface area contributed by atoms with Crippen LogP contribution in [0.4, 0.5) is 0 Å². The maximum Gasteiger partial charge on any atom is 2.00 e. The minimum atomic E-state index is -0.132. The van der Waals surface area contributed by atoms with Crippen molar-refractivity contribution in [3.63, 3.8) is 0 Å². The number of hydrogen-bond donors (Lipinski definition) is 0. The summed E-state index contributed by atoms with van der Waals surface area (Å²) in [4.78, 5) is 0. The smallest absolute Gasteiger partial charge is 0.0642 e. The van der Waals surface area contributed by atoms with E-state index in [4.69, 9.17) is 0 Å². The van der Waals surface area contributed by atoms with E-state index in [2.05, 4.69) is 56.0 Å². The fourth-order valence-corrected chi connectivity index (χ4v) is 6.35. The van der Waals surface area contributed by atoms with Crippen molar-refractivity contribution in [1.29, 1.82) is 0 Å². The van der Waals surface area contributed by atoms with E-state index in [1.54, 1.807) is 11.0 Å². The van der Waals surface area contributed by atoms with Crippen molar-refractivity contribution in [2.24, 2.45) is 0 Å². The van der Waals surface area contributed by atoms with Gasteiger partial charge in [-0.3, -0.25) is 0 Å². The van der Waals surface area contributed by atoms with Crippen LogP contribution in [0.15, 0.2) is 30.3 Å². The van der Waals surface area contributed by atoms with Crippen LogP contribution >= 0.6 is 7.92 Å². The van der Waals surface area contributed by atoms with Crippen LogP contribution in [0.2, 0.25) is 0 Å². The fraction of sp³-hybridized carbons (Fsp3) is 0.273. The Morgan fingerprint density at radius 1 is 0.667 bits per heavy atom. The summed E-state index contributed by atoms with van der Waals surface area (Å²) in [6.07, 6.45) is 26.2. The molecule has 3 aliphatic carbocycles. The molecule has 3 fully saturated rings. The summed E-state index contributed by atoms with van der Waals surface area (Å²) in [6.45, 7) is 0. The molecule has 1 atom stereocenters. The summed E-state index contributed by atoms with van der Waals surface area (Å²) in [7, 11) is -0.132. The topological polar surface area (TPSA) is 0 Å². The van der Waals surface area contributed by atoms with Gasteiger partial charge in [-0.1, -0.05) is 57.5 Å². The van der Waals surface area contributed by atoms with Gasteiger partial charge in [0, 0.05) is 5.66 Å². The maximum atomic E-state index is 2.33. The molecule has 0 heterocycles. The van der Waals surface area contributed by atoms with Gasteiger partial charge in [0.15, 0.2) is 0 Å². The van der Waals surface area contributed by atoms with Crippen LogP contribution in [0.5, 0.6) is 0 Å². The maximum absolute atomic E-state index is 2.33. The van der Waals surface area contributed by atoms with Crippen LogP contribution in [-0.4, -0.2) is 5.66 Å². The second-order valence-corrected chi connectivity index (χ2v) is 8.61. The van der Waals surface area contributed by atoms with E-state index in [1.165, 1.54) is 32.1 Å². The first-order valence-electron chi connectivity index (χ1n) is 8.68. The molecule has 3 saturated carbocycles. The zero-order chi connectivity index (χ0) is 15.7. The fourth-order valence-electron chi connectivity index (χ4n) is 3.34. The Balaban J connectivity index is 0.000000300. The standard InChI is InChI=1S/C17H20P.C5H5.Fe/c1-3-9-15(10-4-1)18(17-13-7-8-14-17)16-11-5-2-6-12-16;1-2-4-5-3-1;/h1,3-4,7-10,13-14,16H,2,5-6,11-12H2;1-5H;/q;;+2/t18-;;/m1../s1. The van der Waals surface area contributed by atoms with E-state index in [0.717, 1.165) is 5.66 Å². The Labute approximate surface area is 161 Å². The SMILES string of the molecule is [CH]1[CH][CH][CH][CH]1.[CH]1[CH][CH][C]([P@](c2ccccc2)C2CCCCC2)[CH]1.[Fe+2]. The van der Waals surface area contributed by atoms with Crippen LogP contribution in [-0.2, 0) is 17.1 Å². The molecule has 0 nitrogen and oxygen atoms in total. The van der Waals surface area contributed by atoms with Crippen LogP contribution in [0.1, 0.15) is 32.1 Å². The molecule has 0 amide bonds. The Kier molecular flexibility index (Phi) is 10.0. The monoisotopic (exact) mass is 376 g/mol. The summed E-state index contributed by atoms with van der Waals surface area (Å²) in [5.41, 5.74) is 2.47. The van der Waals surface area contributed by atoms with Gasteiger partial charge in [-0.05, 0) is 81.6 Å².